The van der Waals surface area contributed by atoms with Crippen LogP contribution in [0.25, 0.3) is 11.0 Å². The molecular weight excluding hydrogens is 640 g/mol. The Balaban J connectivity index is 1.44. The SMILES string of the molecule is Cc1ocnc1C(=O)N1CCNC(=O)c2ccc3nc(CC(C)C)n(c3c2)CCCNC(=O)[C@@H](C)NC(=O)[C@H](Cc2ccccc2)NC(=O)C1. The van der Waals surface area contributed by atoms with Gasteiger partial charge < -0.3 is 35.2 Å². The first-order valence-electron chi connectivity index (χ1n) is 16.9. The number of amides is 5. The zero-order valence-electron chi connectivity index (χ0n) is 28.8. The minimum absolute atomic E-state index is 0.0315. The van der Waals surface area contributed by atoms with Crippen LogP contribution >= 0.6 is 0 Å². The lowest BCUT2D eigenvalue weighted by Gasteiger charge is -2.25. The lowest BCUT2D eigenvalue weighted by molar-refractivity contribution is -0.132. The zero-order valence-corrected chi connectivity index (χ0v) is 28.8. The minimum atomic E-state index is -1.05. The monoisotopic (exact) mass is 684 g/mol. The molecule has 0 saturated carbocycles. The van der Waals surface area contributed by atoms with E-state index in [1.807, 2.05) is 36.4 Å². The van der Waals surface area contributed by atoms with Crippen LogP contribution in [-0.4, -0.2) is 87.2 Å². The van der Waals surface area contributed by atoms with E-state index >= 15 is 0 Å². The molecule has 2 aromatic heterocycles. The molecule has 3 heterocycles. The third-order valence-corrected chi connectivity index (χ3v) is 8.46. The maximum atomic E-state index is 13.6. The number of benzene rings is 2. The van der Waals surface area contributed by atoms with Crippen molar-refractivity contribution in [3.05, 3.63) is 83.3 Å². The molecule has 0 saturated heterocycles. The Bertz CT molecular complexity index is 1850. The number of fused-ring (bicyclic) bond motifs is 1. The predicted octanol–water partition coefficient (Wildman–Crippen LogP) is 2.16. The highest BCUT2D eigenvalue weighted by atomic mass is 16.3. The second-order valence-electron chi connectivity index (χ2n) is 12.9. The van der Waals surface area contributed by atoms with Gasteiger partial charge in [-0.25, -0.2) is 9.97 Å². The Morgan fingerprint density at radius 2 is 1.76 bits per heavy atom. The van der Waals surface area contributed by atoms with Crippen molar-refractivity contribution in [2.45, 2.75) is 65.6 Å². The van der Waals surface area contributed by atoms with Crippen LogP contribution in [0.5, 0.6) is 0 Å². The molecule has 2 bridgehead atoms. The van der Waals surface area contributed by atoms with Crippen LogP contribution in [0.15, 0.2) is 59.3 Å². The number of imidazole rings is 1. The molecule has 264 valence electrons. The van der Waals surface area contributed by atoms with Gasteiger partial charge in [0.15, 0.2) is 12.1 Å². The van der Waals surface area contributed by atoms with Crippen molar-refractivity contribution in [2.24, 2.45) is 5.92 Å². The summed E-state index contributed by atoms with van der Waals surface area (Å²) in [5, 5.41) is 11.2. The van der Waals surface area contributed by atoms with Crippen molar-refractivity contribution >= 4 is 40.6 Å². The molecule has 4 N–H and O–H groups in total. The standard InChI is InChI=1S/C36H44N8O6/c1-22(2)17-30-41-27-12-11-26-19-29(27)44(30)15-8-13-37-33(46)23(3)40-35(48)28(18-25-9-6-5-7-10-25)42-31(45)20-43(16-14-38-34(26)47)36(49)32-24(4)50-21-39-32/h5-7,9-12,19,21-23,28H,8,13-18,20H2,1-4H3,(H,37,46)(H,38,47)(H,40,48)(H,42,45)/t23-,28+/m1/s1. The summed E-state index contributed by atoms with van der Waals surface area (Å²) in [7, 11) is 0. The Morgan fingerprint density at radius 1 is 0.980 bits per heavy atom. The summed E-state index contributed by atoms with van der Waals surface area (Å²) >= 11 is 0. The van der Waals surface area contributed by atoms with Crippen molar-refractivity contribution in [2.75, 3.05) is 26.2 Å². The van der Waals surface area contributed by atoms with Crippen molar-refractivity contribution < 1.29 is 28.4 Å². The number of nitrogens with zero attached hydrogens (tertiary/aromatic N) is 4. The molecule has 0 spiro atoms. The fraction of sp³-hybridized carbons (Fsp3) is 0.417. The normalized spacial score (nSPS) is 18.7. The summed E-state index contributed by atoms with van der Waals surface area (Å²) < 4.78 is 7.31. The van der Waals surface area contributed by atoms with E-state index < -0.39 is 36.3 Å². The number of aromatic nitrogens is 3. The van der Waals surface area contributed by atoms with Gasteiger partial charge in [-0.2, -0.15) is 0 Å². The maximum absolute atomic E-state index is 13.6. The molecule has 5 amide bonds. The maximum Gasteiger partial charge on any atom is 0.276 e. The van der Waals surface area contributed by atoms with E-state index in [0.29, 0.717) is 31.0 Å². The number of hydrogen-bond donors (Lipinski definition) is 4. The number of oxazole rings is 1. The van der Waals surface area contributed by atoms with Crippen LogP contribution in [0.3, 0.4) is 0 Å². The van der Waals surface area contributed by atoms with Crippen LogP contribution in [-0.2, 0) is 33.8 Å². The molecule has 2 aromatic carbocycles. The predicted molar refractivity (Wildman–Crippen MR) is 185 cm³/mol. The summed E-state index contributed by atoms with van der Waals surface area (Å²) in [4.78, 5) is 77.1. The highest BCUT2D eigenvalue weighted by Gasteiger charge is 2.28. The average molecular weight is 685 g/mol. The van der Waals surface area contributed by atoms with E-state index in [4.69, 9.17) is 9.40 Å². The van der Waals surface area contributed by atoms with Gasteiger partial charge in [-0.15, -0.1) is 0 Å². The van der Waals surface area contributed by atoms with E-state index in [1.165, 1.54) is 4.90 Å². The van der Waals surface area contributed by atoms with Crippen LogP contribution in [0, 0.1) is 12.8 Å². The third-order valence-electron chi connectivity index (χ3n) is 8.46. The fourth-order valence-corrected chi connectivity index (χ4v) is 5.86. The first kappa shape index (κ1) is 35.8. The summed E-state index contributed by atoms with van der Waals surface area (Å²) in [6.45, 7) is 7.86. The summed E-state index contributed by atoms with van der Waals surface area (Å²) in [6.07, 6.45) is 2.61. The molecule has 50 heavy (non-hydrogen) atoms. The molecule has 1 aliphatic rings. The molecule has 1 aliphatic heterocycles. The zero-order chi connectivity index (χ0) is 35.8. The van der Waals surface area contributed by atoms with Crippen LogP contribution in [0.2, 0.25) is 0 Å². The van der Waals surface area contributed by atoms with Gasteiger partial charge in [0.2, 0.25) is 17.7 Å². The summed E-state index contributed by atoms with van der Waals surface area (Å²) in [5.74, 6) is -0.950. The van der Waals surface area contributed by atoms with Gasteiger partial charge in [0.05, 0.1) is 17.6 Å². The van der Waals surface area contributed by atoms with Crippen LogP contribution < -0.4 is 21.3 Å². The summed E-state index contributed by atoms with van der Waals surface area (Å²) in [5.41, 5.74) is 2.79. The molecule has 0 fully saturated rings. The van der Waals surface area contributed by atoms with Crippen molar-refractivity contribution in [3.63, 3.8) is 0 Å². The minimum Gasteiger partial charge on any atom is -0.448 e. The first-order chi connectivity index (χ1) is 24.0. The Hall–Kier alpha value is -5.53. The Labute approximate surface area is 290 Å². The smallest absolute Gasteiger partial charge is 0.276 e. The van der Waals surface area contributed by atoms with Gasteiger partial charge in [-0.3, -0.25) is 24.0 Å². The lowest BCUT2D eigenvalue weighted by atomic mass is 10.0. The fourth-order valence-electron chi connectivity index (χ4n) is 5.86. The van der Waals surface area contributed by atoms with E-state index in [0.717, 1.165) is 35.2 Å². The number of aryl methyl sites for hydroxylation is 2. The van der Waals surface area contributed by atoms with Gasteiger partial charge in [0, 0.05) is 44.6 Å². The second-order valence-corrected chi connectivity index (χ2v) is 12.9. The Morgan fingerprint density at radius 3 is 2.48 bits per heavy atom. The Kier molecular flexibility index (Phi) is 11.6. The quantitative estimate of drug-likeness (QED) is 0.247. The van der Waals surface area contributed by atoms with Gasteiger partial charge in [-0.1, -0.05) is 44.2 Å². The number of carbonyl (C=O) groups excluding carboxylic acids is 5. The number of rotatable bonds is 5. The molecular formula is C36H44N8O6. The molecule has 0 aliphatic carbocycles. The molecule has 4 aromatic rings. The third kappa shape index (κ3) is 8.92. The topological polar surface area (TPSA) is 181 Å². The van der Waals surface area contributed by atoms with Crippen LogP contribution in [0.4, 0.5) is 0 Å². The number of hydrogen-bond acceptors (Lipinski definition) is 8. The molecule has 14 heteroatoms. The van der Waals surface area contributed by atoms with Crippen molar-refractivity contribution in [1.29, 1.82) is 0 Å². The largest absolute Gasteiger partial charge is 0.448 e. The van der Waals surface area contributed by atoms with Crippen molar-refractivity contribution in [1.82, 2.24) is 40.7 Å². The highest BCUT2D eigenvalue weighted by molar-refractivity contribution is 5.98. The first-order valence-corrected chi connectivity index (χ1v) is 16.9. The highest BCUT2D eigenvalue weighted by Crippen LogP contribution is 2.21. The molecule has 0 radical (unpaired) electrons. The van der Waals surface area contributed by atoms with E-state index in [-0.39, 0.29) is 42.8 Å². The van der Waals surface area contributed by atoms with Gasteiger partial charge in [-0.05, 0) is 49.9 Å². The molecule has 0 unspecified atom stereocenters. The number of carbonyl (C=O) groups is 5. The van der Waals surface area contributed by atoms with Crippen molar-refractivity contribution in [3.8, 4) is 0 Å². The van der Waals surface area contributed by atoms with Gasteiger partial charge >= 0.3 is 0 Å². The van der Waals surface area contributed by atoms with Crippen LogP contribution in [0.1, 0.15) is 65.2 Å². The van der Waals surface area contributed by atoms with E-state index in [1.54, 1.807) is 26.0 Å². The molecule has 5 rings (SSSR count). The lowest BCUT2D eigenvalue weighted by Crippen LogP contribution is -2.55. The van der Waals surface area contributed by atoms with E-state index in [9.17, 15) is 24.0 Å². The molecule has 14 nitrogen and oxygen atoms in total. The molecule has 2 atom stereocenters. The summed E-state index contributed by atoms with van der Waals surface area (Å²) in [6, 6.07) is 12.5. The van der Waals surface area contributed by atoms with E-state index in [2.05, 4.69) is 44.7 Å². The number of nitrogens with one attached hydrogen (secondary N) is 4. The van der Waals surface area contributed by atoms with Gasteiger partial charge in [0.1, 0.15) is 23.7 Å². The van der Waals surface area contributed by atoms with Gasteiger partial charge in [0.25, 0.3) is 11.8 Å². The average Bonchev–Trinajstić information content (AvgIpc) is 3.67. The second kappa shape index (κ2) is 16.2.